The summed E-state index contributed by atoms with van der Waals surface area (Å²) in [5, 5.41) is 5.02. The SMILES string of the molecule is CC(C)c1ccccc1NC(=O)CSc1cccs1. The Labute approximate surface area is 122 Å². The number of anilines is 1. The molecular formula is C15H17NOS2. The van der Waals surface area contributed by atoms with E-state index >= 15 is 0 Å². The topological polar surface area (TPSA) is 29.1 Å². The van der Waals surface area contributed by atoms with Crippen molar-refractivity contribution in [3.63, 3.8) is 0 Å². The van der Waals surface area contributed by atoms with Crippen LogP contribution in [0.25, 0.3) is 0 Å². The van der Waals surface area contributed by atoms with Crippen LogP contribution in [0.3, 0.4) is 0 Å². The lowest BCUT2D eigenvalue weighted by Gasteiger charge is -2.13. The minimum atomic E-state index is 0.0477. The first-order valence-corrected chi connectivity index (χ1v) is 8.08. The van der Waals surface area contributed by atoms with Gasteiger partial charge in [-0.05, 0) is 29.0 Å². The summed E-state index contributed by atoms with van der Waals surface area (Å²) in [6.07, 6.45) is 0. The molecule has 0 aliphatic heterocycles. The van der Waals surface area contributed by atoms with Crippen molar-refractivity contribution in [2.75, 3.05) is 11.1 Å². The highest BCUT2D eigenvalue weighted by Crippen LogP contribution is 2.26. The number of carbonyl (C=O) groups excluding carboxylic acids is 1. The summed E-state index contributed by atoms with van der Waals surface area (Å²) in [4.78, 5) is 12.0. The van der Waals surface area contributed by atoms with Crippen molar-refractivity contribution in [1.82, 2.24) is 0 Å². The molecule has 1 amide bonds. The molecule has 1 aromatic heterocycles. The van der Waals surface area contributed by atoms with Crippen molar-refractivity contribution in [2.24, 2.45) is 0 Å². The van der Waals surface area contributed by atoms with E-state index in [-0.39, 0.29) is 5.91 Å². The lowest BCUT2D eigenvalue weighted by Crippen LogP contribution is -2.15. The second kappa shape index (κ2) is 6.78. The number of carbonyl (C=O) groups is 1. The number of nitrogens with one attached hydrogen (secondary N) is 1. The van der Waals surface area contributed by atoms with Gasteiger partial charge in [-0.1, -0.05) is 38.1 Å². The van der Waals surface area contributed by atoms with Crippen LogP contribution in [0.1, 0.15) is 25.3 Å². The van der Waals surface area contributed by atoms with E-state index in [1.807, 2.05) is 35.7 Å². The molecule has 0 bridgehead atoms. The standard InChI is InChI=1S/C15H17NOS2/c1-11(2)12-6-3-4-7-13(12)16-14(17)10-19-15-8-5-9-18-15/h3-9,11H,10H2,1-2H3,(H,16,17). The molecule has 0 spiro atoms. The zero-order valence-electron chi connectivity index (χ0n) is 11.1. The monoisotopic (exact) mass is 291 g/mol. The summed E-state index contributed by atoms with van der Waals surface area (Å²) in [6, 6.07) is 12.0. The van der Waals surface area contributed by atoms with Gasteiger partial charge < -0.3 is 5.32 Å². The second-order valence-electron chi connectivity index (χ2n) is 4.51. The molecule has 19 heavy (non-hydrogen) atoms. The van der Waals surface area contributed by atoms with Crippen molar-refractivity contribution < 1.29 is 4.79 Å². The molecule has 0 aliphatic rings. The van der Waals surface area contributed by atoms with E-state index in [4.69, 9.17) is 0 Å². The number of thiophene rings is 1. The summed E-state index contributed by atoms with van der Waals surface area (Å²) >= 11 is 3.24. The highest BCUT2D eigenvalue weighted by molar-refractivity contribution is 8.01. The zero-order valence-corrected chi connectivity index (χ0v) is 12.7. The first-order chi connectivity index (χ1) is 9.16. The molecule has 4 heteroatoms. The van der Waals surface area contributed by atoms with Crippen molar-refractivity contribution in [1.29, 1.82) is 0 Å². The van der Waals surface area contributed by atoms with Crippen LogP contribution < -0.4 is 5.32 Å². The third-order valence-electron chi connectivity index (χ3n) is 2.70. The molecule has 2 aromatic rings. The van der Waals surface area contributed by atoms with E-state index in [1.165, 1.54) is 9.77 Å². The average molecular weight is 291 g/mol. The molecule has 0 radical (unpaired) electrons. The lowest BCUT2D eigenvalue weighted by atomic mass is 10.0. The Bertz CT molecular complexity index is 535. The molecule has 0 saturated heterocycles. The quantitative estimate of drug-likeness (QED) is 0.816. The third-order valence-corrected chi connectivity index (χ3v) is 4.83. The van der Waals surface area contributed by atoms with Crippen LogP contribution in [0, 0.1) is 0 Å². The summed E-state index contributed by atoms with van der Waals surface area (Å²) < 4.78 is 1.17. The van der Waals surface area contributed by atoms with Gasteiger partial charge in [-0.25, -0.2) is 0 Å². The number of para-hydroxylation sites is 1. The van der Waals surface area contributed by atoms with Crippen LogP contribution in [0.4, 0.5) is 5.69 Å². The number of amides is 1. The number of hydrogen-bond donors (Lipinski definition) is 1. The van der Waals surface area contributed by atoms with Gasteiger partial charge in [0.05, 0.1) is 9.96 Å². The summed E-state index contributed by atoms with van der Waals surface area (Å²) in [5.41, 5.74) is 2.10. The molecule has 0 saturated carbocycles. The van der Waals surface area contributed by atoms with Crippen molar-refractivity contribution in [2.45, 2.75) is 24.0 Å². The van der Waals surface area contributed by atoms with Crippen LogP contribution in [-0.2, 0) is 4.79 Å². The summed E-state index contributed by atoms with van der Waals surface area (Å²) in [5.74, 6) is 0.903. The van der Waals surface area contributed by atoms with Gasteiger partial charge in [0.1, 0.15) is 0 Å². The first kappa shape index (κ1) is 14.2. The van der Waals surface area contributed by atoms with Gasteiger partial charge in [0, 0.05) is 5.69 Å². The molecule has 1 heterocycles. The fourth-order valence-electron chi connectivity index (χ4n) is 1.78. The van der Waals surface area contributed by atoms with Gasteiger partial charge in [-0.2, -0.15) is 0 Å². The van der Waals surface area contributed by atoms with Crippen LogP contribution in [0.2, 0.25) is 0 Å². The van der Waals surface area contributed by atoms with Gasteiger partial charge in [-0.15, -0.1) is 23.1 Å². The van der Waals surface area contributed by atoms with Crippen LogP contribution in [0.5, 0.6) is 0 Å². The normalized spacial score (nSPS) is 10.7. The Hall–Kier alpha value is -1.26. The first-order valence-electron chi connectivity index (χ1n) is 6.22. The second-order valence-corrected chi connectivity index (χ2v) is 6.73. The molecule has 0 atom stereocenters. The Kier molecular flexibility index (Phi) is 5.05. The van der Waals surface area contributed by atoms with Gasteiger partial charge in [0.2, 0.25) is 5.91 Å². The Balaban J connectivity index is 1.95. The highest BCUT2D eigenvalue weighted by atomic mass is 32.2. The largest absolute Gasteiger partial charge is 0.325 e. The molecule has 0 unspecified atom stereocenters. The molecular weight excluding hydrogens is 274 g/mol. The minimum Gasteiger partial charge on any atom is -0.325 e. The van der Waals surface area contributed by atoms with E-state index in [0.717, 1.165) is 5.69 Å². The van der Waals surface area contributed by atoms with Crippen molar-refractivity contribution in [3.05, 3.63) is 47.3 Å². The fraction of sp³-hybridized carbons (Fsp3) is 0.267. The average Bonchev–Trinajstić information content (AvgIpc) is 2.90. The molecule has 0 fully saturated rings. The highest BCUT2D eigenvalue weighted by Gasteiger charge is 2.09. The van der Waals surface area contributed by atoms with Gasteiger partial charge >= 0.3 is 0 Å². The smallest absolute Gasteiger partial charge is 0.234 e. The van der Waals surface area contributed by atoms with Crippen molar-refractivity contribution in [3.8, 4) is 0 Å². The van der Waals surface area contributed by atoms with E-state index in [2.05, 4.69) is 25.2 Å². The van der Waals surface area contributed by atoms with Crippen molar-refractivity contribution >= 4 is 34.7 Å². The number of rotatable bonds is 5. The predicted molar refractivity (Wildman–Crippen MR) is 84.2 cm³/mol. The van der Waals surface area contributed by atoms with E-state index in [9.17, 15) is 4.79 Å². The number of hydrogen-bond acceptors (Lipinski definition) is 3. The molecule has 100 valence electrons. The van der Waals surface area contributed by atoms with Gasteiger partial charge in [0.25, 0.3) is 0 Å². The summed E-state index contributed by atoms with van der Waals surface area (Å²) in [7, 11) is 0. The Morgan fingerprint density at radius 1 is 1.26 bits per heavy atom. The number of thioether (sulfide) groups is 1. The van der Waals surface area contributed by atoms with Crippen LogP contribution in [0.15, 0.2) is 46.0 Å². The van der Waals surface area contributed by atoms with E-state index in [0.29, 0.717) is 11.7 Å². The van der Waals surface area contributed by atoms with Crippen LogP contribution >= 0.6 is 23.1 Å². The molecule has 1 aromatic carbocycles. The minimum absolute atomic E-state index is 0.0477. The molecule has 2 rings (SSSR count). The van der Waals surface area contributed by atoms with Gasteiger partial charge in [-0.3, -0.25) is 4.79 Å². The molecule has 2 nitrogen and oxygen atoms in total. The van der Waals surface area contributed by atoms with E-state index in [1.54, 1.807) is 23.1 Å². The maximum absolute atomic E-state index is 12.0. The van der Waals surface area contributed by atoms with E-state index < -0.39 is 0 Å². The fourth-order valence-corrected chi connectivity index (χ4v) is 3.37. The number of benzene rings is 1. The van der Waals surface area contributed by atoms with Gasteiger partial charge in [0.15, 0.2) is 0 Å². The predicted octanol–water partition coefficient (Wildman–Crippen LogP) is 4.60. The summed E-state index contributed by atoms with van der Waals surface area (Å²) in [6.45, 7) is 4.26. The maximum atomic E-state index is 12.0. The Morgan fingerprint density at radius 3 is 2.74 bits per heavy atom. The zero-order chi connectivity index (χ0) is 13.7. The lowest BCUT2D eigenvalue weighted by molar-refractivity contribution is -0.113. The maximum Gasteiger partial charge on any atom is 0.234 e. The molecule has 0 aliphatic carbocycles. The van der Waals surface area contributed by atoms with Crippen LogP contribution in [-0.4, -0.2) is 11.7 Å². The molecule has 1 N–H and O–H groups in total. The Morgan fingerprint density at radius 2 is 2.05 bits per heavy atom. The third kappa shape index (κ3) is 4.11.